The van der Waals surface area contributed by atoms with Gasteiger partial charge in [-0.15, -0.1) is 0 Å². The van der Waals surface area contributed by atoms with E-state index in [0.717, 1.165) is 11.1 Å². The van der Waals surface area contributed by atoms with Crippen LogP contribution >= 0.6 is 0 Å². The maximum atomic E-state index is 10.4. The second-order valence-corrected chi connectivity index (χ2v) is 3.00. The second kappa shape index (κ2) is 3.01. The van der Waals surface area contributed by atoms with E-state index in [1.54, 1.807) is 6.21 Å². The fourth-order valence-electron chi connectivity index (χ4n) is 1.50. The molecule has 1 heterocycles. The van der Waals surface area contributed by atoms with Crippen LogP contribution in [0.1, 0.15) is 23.6 Å². The van der Waals surface area contributed by atoms with Crippen LogP contribution in [0.5, 0.6) is 0 Å². The molecule has 0 aromatic heterocycles. The topological polar surface area (TPSA) is 52.5 Å². The summed E-state index contributed by atoms with van der Waals surface area (Å²) >= 11 is 0. The molecule has 0 unspecified atom stereocenters. The van der Waals surface area contributed by atoms with Gasteiger partial charge in [0.15, 0.2) is 0 Å². The van der Waals surface area contributed by atoms with E-state index in [1.807, 2.05) is 24.3 Å². The minimum absolute atomic E-state index is 0.0342. The fraction of sp³-hybridized carbons (Fsp3) is 0.200. The van der Waals surface area contributed by atoms with Crippen LogP contribution in [0.15, 0.2) is 29.3 Å². The average Bonchev–Trinajstić information content (AvgIpc) is 2.48. The molecule has 0 aliphatic carbocycles. The third kappa shape index (κ3) is 1.45. The predicted molar refractivity (Wildman–Crippen MR) is 46.4 cm³/mol. The number of carboxylic acid groups (broad SMARTS) is 1. The Morgan fingerprint density at radius 2 is 2.23 bits per heavy atom. The van der Waals surface area contributed by atoms with Gasteiger partial charge in [0, 0.05) is 18.6 Å². The summed E-state index contributed by atoms with van der Waals surface area (Å²) in [4.78, 5) is 14.5. The Morgan fingerprint density at radius 3 is 3.00 bits per heavy atom. The van der Waals surface area contributed by atoms with Gasteiger partial charge in [0.1, 0.15) is 0 Å². The van der Waals surface area contributed by atoms with Crippen LogP contribution in [0.3, 0.4) is 0 Å². The van der Waals surface area contributed by atoms with Gasteiger partial charge in [0.05, 0.1) is 6.04 Å². The molecule has 0 N–H and O–H groups in total. The van der Waals surface area contributed by atoms with Gasteiger partial charge >= 0.3 is 0 Å². The largest absolute Gasteiger partial charge is 0.550 e. The van der Waals surface area contributed by atoms with E-state index < -0.39 is 5.97 Å². The molecule has 0 fully saturated rings. The highest BCUT2D eigenvalue weighted by Gasteiger charge is 2.17. The van der Waals surface area contributed by atoms with Crippen molar-refractivity contribution in [3.63, 3.8) is 0 Å². The highest BCUT2D eigenvalue weighted by Crippen LogP contribution is 2.28. The zero-order valence-corrected chi connectivity index (χ0v) is 6.93. The summed E-state index contributed by atoms with van der Waals surface area (Å²) in [6.45, 7) is 0. The quantitative estimate of drug-likeness (QED) is 0.647. The monoisotopic (exact) mass is 174 g/mol. The second-order valence-electron chi connectivity index (χ2n) is 3.00. The number of rotatable bonds is 2. The Balaban J connectivity index is 2.28. The fourth-order valence-corrected chi connectivity index (χ4v) is 1.50. The molecule has 0 saturated carbocycles. The molecule has 3 nitrogen and oxygen atoms in total. The standard InChI is InChI=1S/C10H9NO2/c12-10(13)5-9-8-4-2-1-3-7(8)6-11-9/h1-4,6,9H,5H2,(H,12,13)/p-1/t9-/m1/s1. The molecule has 0 amide bonds. The average molecular weight is 174 g/mol. The maximum absolute atomic E-state index is 10.4. The Bertz CT molecular complexity index is 371. The minimum atomic E-state index is -1.06. The van der Waals surface area contributed by atoms with Gasteiger partial charge in [-0.3, -0.25) is 4.99 Å². The van der Waals surface area contributed by atoms with Crippen LogP contribution < -0.4 is 5.11 Å². The zero-order chi connectivity index (χ0) is 9.26. The molecule has 1 aliphatic heterocycles. The Morgan fingerprint density at radius 1 is 1.46 bits per heavy atom. The molecule has 0 radical (unpaired) electrons. The number of carboxylic acids is 1. The zero-order valence-electron chi connectivity index (χ0n) is 6.93. The number of fused-ring (bicyclic) bond motifs is 1. The third-order valence-electron chi connectivity index (χ3n) is 2.11. The Labute approximate surface area is 75.7 Å². The van der Waals surface area contributed by atoms with Gasteiger partial charge in [0.25, 0.3) is 0 Å². The summed E-state index contributed by atoms with van der Waals surface area (Å²) in [5.41, 5.74) is 1.99. The highest BCUT2D eigenvalue weighted by atomic mass is 16.4. The van der Waals surface area contributed by atoms with Gasteiger partial charge < -0.3 is 9.90 Å². The van der Waals surface area contributed by atoms with E-state index in [4.69, 9.17) is 0 Å². The van der Waals surface area contributed by atoms with E-state index in [0.29, 0.717) is 0 Å². The predicted octanol–water partition coefficient (Wildman–Crippen LogP) is 0.300. The number of carbonyl (C=O) groups is 1. The number of nitrogens with zero attached hydrogens (tertiary/aromatic N) is 1. The number of aliphatic carboxylic acids is 1. The number of hydrogen-bond acceptors (Lipinski definition) is 3. The molecule has 1 atom stereocenters. The lowest BCUT2D eigenvalue weighted by atomic mass is 10.0. The van der Waals surface area contributed by atoms with Crippen molar-refractivity contribution >= 4 is 12.2 Å². The van der Waals surface area contributed by atoms with Crippen molar-refractivity contribution in [3.8, 4) is 0 Å². The lowest BCUT2D eigenvalue weighted by Gasteiger charge is -2.09. The summed E-state index contributed by atoms with van der Waals surface area (Å²) in [6.07, 6.45) is 1.68. The molecule has 0 spiro atoms. The first kappa shape index (κ1) is 7.98. The van der Waals surface area contributed by atoms with Crippen LogP contribution in [0.2, 0.25) is 0 Å². The van der Waals surface area contributed by atoms with E-state index in [-0.39, 0.29) is 12.5 Å². The molecular weight excluding hydrogens is 166 g/mol. The molecule has 0 bridgehead atoms. The molecular formula is C10H8NO2-. The van der Waals surface area contributed by atoms with Gasteiger partial charge in [-0.25, -0.2) is 0 Å². The van der Waals surface area contributed by atoms with Crippen molar-refractivity contribution in [2.24, 2.45) is 4.99 Å². The van der Waals surface area contributed by atoms with Crippen LogP contribution in [0.25, 0.3) is 0 Å². The molecule has 3 heteroatoms. The SMILES string of the molecule is O=C([O-])C[C@H]1N=Cc2ccccc21. The van der Waals surface area contributed by atoms with Crippen molar-refractivity contribution in [2.45, 2.75) is 12.5 Å². The van der Waals surface area contributed by atoms with E-state index in [1.165, 1.54) is 0 Å². The van der Waals surface area contributed by atoms with E-state index in [2.05, 4.69) is 4.99 Å². The first-order valence-electron chi connectivity index (χ1n) is 4.09. The number of carbonyl (C=O) groups excluding carboxylic acids is 1. The van der Waals surface area contributed by atoms with Crippen molar-refractivity contribution in [1.82, 2.24) is 0 Å². The van der Waals surface area contributed by atoms with Gasteiger partial charge in [-0.05, 0) is 11.1 Å². The lowest BCUT2D eigenvalue weighted by molar-refractivity contribution is -0.306. The highest BCUT2D eigenvalue weighted by molar-refractivity contribution is 5.86. The van der Waals surface area contributed by atoms with Crippen LogP contribution in [-0.2, 0) is 4.79 Å². The smallest absolute Gasteiger partial charge is 0.0807 e. The molecule has 66 valence electrons. The van der Waals surface area contributed by atoms with Crippen LogP contribution in [0, 0.1) is 0 Å². The first-order chi connectivity index (χ1) is 6.27. The Hall–Kier alpha value is -1.64. The summed E-state index contributed by atoms with van der Waals surface area (Å²) in [5, 5.41) is 10.4. The molecule has 1 aromatic rings. The summed E-state index contributed by atoms with van der Waals surface area (Å²) in [6, 6.07) is 7.37. The van der Waals surface area contributed by atoms with E-state index in [9.17, 15) is 9.90 Å². The van der Waals surface area contributed by atoms with Crippen molar-refractivity contribution in [1.29, 1.82) is 0 Å². The molecule has 1 aromatic carbocycles. The summed E-state index contributed by atoms with van der Waals surface area (Å²) in [5.74, 6) is -1.06. The Kier molecular flexibility index (Phi) is 1.85. The van der Waals surface area contributed by atoms with Gasteiger partial charge in [0.2, 0.25) is 0 Å². The maximum Gasteiger partial charge on any atom is 0.0807 e. The number of aliphatic imine (C=N–C) groups is 1. The third-order valence-corrected chi connectivity index (χ3v) is 2.11. The first-order valence-corrected chi connectivity index (χ1v) is 4.09. The number of hydrogen-bond donors (Lipinski definition) is 0. The van der Waals surface area contributed by atoms with Crippen molar-refractivity contribution in [2.75, 3.05) is 0 Å². The number of benzene rings is 1. The van der Waals surface area contributed by atoms with Crippen molar-refractivity contribution < 1.29 is 9.90 Å². The normalized spacial score (nSPS) is 18.6. The summed E-state index contributed by atoms with van der Waals surface area (Å²) < 4.78 is 0. The van der Waals surface area contributed by atoms with Crippen molar-refractivity contribution in [3.05, 3.63) is 35.4 Å². The minimum Gasteiger partial charge on any atom is -0.550 e. The van der Waals surface area contributed by atoms with E-state index >= 15 is 0 Å². The molecule has 1 aliphatic rings. The summed E-state index contributed by atoms with van der Waals surface area (Å²) in [7, 11) is 0. The van der Waals surface area contributed by atoms with Gasteiger partial charge in [-0.2, -0.15) is 0 Å². The molecule has 13 heavy (non-hydrogen) atoms. The lowest BCUT2D eigenvalue weighted by Crippen LogP contribution is -2.23. The van der Waals surface area contributed by atoms with Crippen LogP contribution in [-0.4, -0.2) is 12.2 Å². The molecule has 0 saturated heterocycles. The van der Waals surface area contributed by atoms with Gasteiger partial charge in [-0.1, -0.05) is 24.3 Å². The van der Waals surface area contributed by atoms with Crippen LogP contribution in [0.4, 0.5) is 0 Å². The molecule has 2 rings (SSSR count).